The molecule has 0 N–H and O–H groups in total. The third-order valence-corrected chi connectivity index (χ3v) is 3.49. The van der Waals surface area contributed by atoms with Crippen molar-refractivity contribution in [2.24, 2.45) is 11.8 Å². The van der Waals surface area contributed by atoms with E-state index in [0.717, 1.165) is 11.8 Å². The molecule has 0 amide bonds. The molecule has 1 rings (SSSR count). The maximum atomic E-state index is 2.40. The van der Waals surface area contributed by atoms with Gasteiger partial charge in [-0.05, 0) is 41.7 Å². The van der Waals surface area contributed by atoms with Crippen molar-refractivity contribution in [1.82, 2.24) is 0 Å². The molecule has 0 aliphatic heterocycles. The smallest absolute Gasteiger partial charge is 0.0167 e. The molecule has 1 aromatic carbocycles. The lowest BCUT2D eigenvalue weighted by molar-refractivity contribution is 0.534. The molecule has 16 heavy (non-hydrogen) atoms. The highest BCUT2D eigenvalue weighted by molar-refractivity contribution is 5.26. The molecular formula is C16H26. The van der Waals surface area contributed by atoms with Crippen molar-refractivity contribution in [1.29, 1.82) is 0 Å². The van der Waals surface area contributed by atoms with E-state index in [0.29, 0.717) is 5.92 Å². The van der Waals surface area contributed by atoms with Gasteiger partial charge >= 0.3 is 0 Å². The van der Waals surface area contributed by atoms with Gasteiger partial charge in [-0.3, -0.25) is 0 Å². The van der Waals surface area contributed by atoms with E-state index in [4.69, 9.17) is 0 Å². The zero-order valence-electron chi connectivity index (χ0n) is 11.5. The van der Waals surface area contributed by atoms with Crippen molar-refractivity contribution in [3.8, 4) is 0 Å². The minimum Gasteiger partial charge on any atom is -0.0628 e. The number of hydrogen-bond acceptors (Lipinski definition) is 0. The van der Waals surface area contributed by atoms with Gasteiger partial charge in [0.05, 0.1) is 0 Å². The Kier molecular flexibility index (Phi) is 5.05. The van der Waals surface area contributed by atoms with Crippen molar-refractivity contribution in [2.75, 3.05) is 0 Å². The van der Waals surface area contributed by atoms with E-state index >= 15 is 0 Å². The van der Waals surface area contributed by atoms with Crippen LogP contribution in [-0.4, -0.2) is 0 Å². The predicted octanol–water partition coefficient (Wildman–Crippen LogP) is 5.03. The minimum atomic E-state index is 0.666. The van der Waals surface area contributed by atoms with Crippen LogP contribution in [0.3, 0.4) is 0 Å². The van der Waals surface area contributed by atoms with Crippen LogP contribution < -0.4 is 0 Å². The van der Waals surface area contributed by atoms with Gasteiger partial charge in [0.1, 0.15) is 0 Å². The van der Waals surface area contributed by atoms with Crippen LogP contribution >= 0.6 is 0 Å². The molecule has 90 valence electrons. The first-order chi connectivity index (χ1) is 7.50. The summed E-state index contributed by atoms with van der Waals surface area (Å²) in [4.78, 5) is 0. The fourth-order valence-electron chi connectivity index (χ4n) is 1.87. The summed E-state index contributed by atoms with van der Waals surface area (Å²) in [6.07, 6.45) is 2.51. The first-order valence-electron chi connectivity index (χ1n) is 6.59. The van der Waals surface area contributed by atoms with E-state index in [9.17, 15) is 0 Å². The van der Waals surface area contributed by atoms with E-state index in [1.54, 1.807) is 0 Å². The van der Waals surface area contributed by atoms with Gasteiger partial charge in [0, 0.05) is 0 Å². The normalized spacial score (nSPS) is 13.4. The maximum Gasteiger partial charge on any atom is -0.0167 e. The molecule has 0 heteroatoms. The second-order valence-electron chi connectivity index (χ2n) is 5.71. The summed E-state index contributed by atoms with van der Waals surface area (Å²) in [5.41, 5.74) is 3.00. The fraction of sp³-hybridized carbons (Fsp3) is 0.625. The summed E-state index contributed by atoms with van der Waals surface area (Å²) >= 11 is 0. The van der Waals surface area contributed by atoms with Gasteiger partial charge in [0.2, 0.25) is 0 Å². The third-order valence-electron chi connectivity index (χ3n) is 3.49. The topological polar surface area (TPSA) is 0 Å². The average Bonchev–Trinajstić information content (AvgIpc) is 2.25. The summed E-state index contributed by atoms with van der Waals surface area (Å²) in [5.74, 6) is 2.19. The van der Waals surface area contributed by atoms with E-state index in [1.807, 2.05) is 0 Å². The van der Waals surface area contributed by atoms with Crippen LogP contribution in [0.1, 0.15) is 58.1 Å². The maximum absolute atomic E-state index is 2.40. The molecule has 1 aromatic rings. The number of hydrogen-bond donors (Lipinski definition) is 0. The predicted molar refractivity (Wildman–Crippen MR) is 72.9 cm³/mol. The van der Waals surface area contributed by atoms with Crippen LogP contribution in [0.4, 0.5) is 0 Å². The van der Waals surface area contributed by atoms with Gasteiger partial charge in [0.25, 0.3) is 0 Å². The van der Waals surface area contributed by atoms with Crippen molar-refractivity contribution >= 4 is 0 Å². The largest absolute Gasteiger partial charge is 0.0628 e. The molecular weight excluding hydrogens is 192 g/mol. The van der Waals surface area contributed by atoms with Crippen LogP contribution in [0.5, 0.6) is 0 Å². The Labute approximate surface area is 101 Å². The summed E-state index contributed by atoms with van der Waals surface area (Å²) in [7, 11) is 0. The molecule has 0 fully saturated rings. The molecule has 0 unspecified atom stereocenters. The molecule has 0 spiro atoms. The Hall–Kier alpha value is -0.780. The van der Waals surface area contributed by atoms with Crippen LogP contribution in [0.25, 0.3) is 0 Å². The van der Waals surface area contributed by atoms with Crippen LogP contribution in [0.2, 0.25) is 0 Å². The molecule has 0 aliphatic carbocycles. The van der Waals surface area contributed by atoms with Gasteiger partial charge in [0.15, 0.2) is 0 Å². The zero-order valence-corrected chi connectivity index (χ0v) is 11.5. The molecule has 1 atom stereocenters. The van der Waals surface area contributed by atoms with Crippen LogP contribution in [0, 0.1) is 11.8 Å². The second-order valence-corrected chi connectivity index (χ2v) is 5.71. The van der Waals surface area contributed by atoms with Gasteiger partial charge in [-0.25, -0.2) is 0 Å². The molecule has 0 radical (unpaired) electrons. The quantitative estimate of drug-likeness (QED) is 0.650. The van der Waals surface area contributed by atoms with Gasteiger partial charge in [-0.15, -0.1) is 0 Å². The summed E-state index contributed by atoms with van der Waals surface area (Å²) in [6.45, 7) is 11.5. The molecule has 0 saturated heterocycles. The standard InChI is InChI=1S/C16H26/c1-12(2)9-10-15-7-6-8-16(11-15)14(5)13(3)4/h6-8,11-14H,9-10H2,1-5H3/t14-/m1/s1. The number of benzene rings is 1. The van der Waals surface area contributed by atoms with E-state index in [1.165, 1.54) is 24.0 Å². The molecule has 0 saturated carbocycles. The first kappa shape index (κ1) is 13.3. The van der Waals surface area contributed by atoms with Crippen molar-refractivity contribution in [3.63, 3.8) is 0 Å². The Balaban J connectivity index is 2.71. The SMILES string of the molecule is CC(C)CCc1cccc([C@H](C)C(C)C)c1. The molecule has 0 aromatic heterocycles. The second kappa shape index (κ2) is 6.08. The lowest BCUT2D eigenvalue weighted by Gasteiger charge is -2.17. The number of aryl methyl sites for hydroxylation is 1. The summed E-state index contributed by atoms with van der Waals surface area (Å²) < 4.78 is 0. The van der Waals surface area contributed by atoms with Crippen LogP contribution in [-0.2, 0) is 6.42 Å². The fourth-order valence-corrected chi connectivity index (χ4v) is 1.87. The van der Waals surface area contributed by atoms with Gasteiger partial charge < -0.3 is 0 Å². The van der Waals surface area contributed by atoms with Gasteiger partial charge in [-0.1, -0.05) is 58.9 Å². The van der Waals surface area contributed by atoms with Crippen LogP contribution in [0.15, 0.2) is 24.3 Å². The van der Waals surface area contributed by atoms with Crippen molar-refractivity contribution in [3.05, 3.63) is 35.4 Å². The average molecular weight is 218 g/mol. The lowest BCUT2D eigenvalue weighted by Crippen LogP contribution is -2.02. The summed E-state index contributed by atoms with van der Waals surface area (Å²) in [5, 5.41) is 0. The minimum absolute atomic E-state index is 0.666. The van der Waals surface area contributed by atoms with E-state index < -0.39 is 0 Å². The van der Waals surface area contributed by atoms with E-state index in [-0.39, 0.29) is 0 Å². The Bertz CT molecular complexity index is 310. The van der Waals surface area contributed by atoms with Crippen molar-refractivity contribution in [2.45, 2.75) is 53.4 Å². The Morgan fingerprint density at radius 1 is 1.00 bits per heavy atom. The monoisotopic (exact) mass is 218 g/mol. The zero-order chi connectivity index (χ0) is 12.1. The third kappa shape index (κ3) is 4.00. The highest BCUT2D eigenvalue weighted by Gasteiger charge is 2.10. The molecule has 0 aliphatic rings. The Morgan fingerprint density at radius 3 is 2.25 bits per heavy atom. The molecule has 0 heterocycles. The first-order valence-corrected chi connectivity index (χ1v) is 6.59. The molecule has 0 nitrogen and oxygen atoms in total. The van der Waals surface area contributed by atoms with Crippen molar-refractivity contribution < 1.29 is 0 Å². The number of rotatable bonds is 5. The lowest BCUT2D eigenvalue weighted by atomic mass is 9.89. The molecule has 0 bridgehead atoms. The summed E-state index contributed by atoms with van der Waals surface area (Å²) in [6, 6.07) is 9.14. The highest BCUT2D eigenvalue weighted by Crippen LogP contribution is 2.24. The van der Waals surface area contributed by atoms with Gasteiger partial charge in [-0.2, -0.15) is 0 Å². The highest BCUT2D eigenvalue weighted by atomic mass is 14.1. The van der Waals surface area contributed by atoms with E-state index in [2.05, 4.69) is 58.9 Å². The Morgan fingerprint density at radius 2 is 1.69 bits per heavy atom.